The largest absolute Gasteiger partial charge is 0.514 e. The van der Waals surface area contributed by atoms with Gasteiger partial charge in [-0.3, -0.25) is 10.1 Å². The minimum absolute atomic E-state index is 0.0565. The molecule has 118 valence electrons. The summed E-state index contributed by atoms with van der Waals surface area (Å²) in [5.41, 5.74) is -0.0565. The Morgan fingerprint density at radius 2 is 2.00 bits per heavy atom. The van der Waals surface area contributed by atoms with Crippen LogP contribution in [-0.2, 0) is 9.47 Å². The van der Waals surface area contributed by atoms with Gasteiger partial charge in [0.05, 0.1) is 11.0 Å². The van der Waals surface area contributed by atoms with Gasteiger partial charge in [-0.2, -0.15) is 0 Å². The van der Waals surface area contributed by atoms with Gasteiger partial charge >= 0.3 is 6.16 Å². The maximum Gasteiger partial charge on any atom is 0.514 e. The Balaban J connectivity index is 1.56. The maximum atomic E-state index is 11.9. The highest BCUT2D eigenvalue weighted by molar-refractivity contribution is 5.64. The van der Waals surface area contributed by atoms with Crippen molar-refractivity contribution >= 4 is 11.8 Å². The fraction of sp³-hybridized carbons (Fsp3) is 0.533. The van der Waals surface area contributed by atoms with Crippen LogP contribution in [0.3, 0.4) is 0 Å². The summed E-state index contributed by atoms with van der Waals surface area (Å²) in [6.45, 7) is 0.715. The lowest BCUT2D eigenvalue weighted by Gasteiger charge is -2.31. The van der Waals surface area contributed by atoms with Crippen molar-refractivity contribution in [1.82, 2.24) is 0 Å². The second-order valence-corrected chi connectivity index (χ2v) is 5.55. The molecular weight excluding hydrogens is 290 g/mol. The number of ether oxygens (including phenoxy) is 3. The zero-order chi connectivity index (χ0) is 15.5. The molecule has 22 heavy (non-hydrogen) atoms. The zero-order valence-corrected chi connectivity index (χ0v) is 12.0. The normalized spacial score (nSPS) is 27.0. The second-order valence-electron chi connectivity index (χ2n) is 5.55. The standard InChI is InChI=1S/C15H17NO6/c17-15(21-11-6-4-10(5-7-11)16(18)19)22-14-3-1-2-13-12(14)8-9-20-13/h4-7,12-14H,1-3,8-9H2. The molecule has 3 unspecified atom stereocenters. The topological polar surface area (TPSA) is 87.9 Å². The summed E-state index contributed by atoms with van der Waals surface area (Å²) in [5.74, 6) is 0.476. The zero-order valence-electron chi connectivity index (χ0n) is 12.0. The molecular formula is C15H17NO6. The molecule has 3 atom stereocenters. The Hall–Kier alpha value is -2.15. The SMILES string of the molecule is O=C(Oc1ccc([N+](=O)[O-])cc1)OC1CCCC2OCCC21. The summed E-state index contributed by atoms with van der Waals surface area (Å²) >= 11 is 0. The van der Waals surface area contributed by atoms with E-state index in [0.717, 1.165) is 25.7 Å². The summed E-state index contributed by atoms with van der Waals surface area (Å²) in [7, 11) is 0. The second kappa shape index (κ2) is 6.31. The molecule has 0 amide bonds. The monoisotopic (exact) mass is 307 g/mol. The Morgan fingerprint density at radius 1 is 1.23 bits per heavy atom. The van der Waals surface area contributed by atoms with E-state index in [-0.39, 0.29) is 29.6 Å². The molecule has 2 fully saturated rings. The minimum Gasteiger partial charge on any atom is -0.430 e. The number of non-ortho nitro benzene ring substituents is 1. The van der Waals surface area contributed by atoms with Gasteiger partial charge in [-0.15, -0.1) is 0 Å². The lowest BCUT2D eigenvalue weighted by atomic mass is 9.83. The summed E-state index contributed by atoms with van der Waals surface area (Å²) in [6, 6.07) is 5.32. The summed E-state index contributed by atoms with van der Waals surface area (Å²) in [6.07, 6.45) is 2.95. The van der Waals surface area contributed by atoms with Crippen molar-refractivity contribution in [3.8, 4) is 5.75 Å². The van der Waals surface area contributed by atoms with Gasteiger partial charge in [0.15, 0.2) is 0 Å². The molecule has 0 spiro atoms. The van der Waals surface area contributed by atoms with E-state index in [1.165, 1.54) is 24.3 Å². The van der Waals surface area contributed by atoms with E-state index in [1.807, 2.05) is 0 Å². The molecule has 1 aliphatic carbocycles. The number of rotatable bonds is 3. The lowest BCUT2D eigenvalue weighted by molar-refractivity contribution is -0.384. The van der Waals surface area contributed by atoms with Crippen molar-refractivity contribution in [2.24, 2.45) is 5.92 Å². The molecule has 7 nitrogen and oxygen atoms in total. The van der Waals surface area contributed by atoms with Crippen molar-refractivity contribution in [2.75, 3.05) is 6.61 Å². The number of carbonyl (C=O) groups is 1. The lowest BCUT2D eigenvalue weighted by Crippen LogP contribution is -2.37. The van der Waals surface area contributed by atoms with Gasteiger partial charge in [0.1, 0.15) is 11.9 Å². The third-order valence-corrected chi connectivity index (χ3v) is 4.21. The Kier molecular flexibility index (Phi) is 4.24. The number of hydrogen-bond donors (Lipinski definition) is 0. The van der Waals surface area contributed by atoms with Crippen molar-refractivity contribution in [3.63, 3.8) is 0 Å². The van der Waals surface area contributed by atoms with Crippen LogP contribution in [0.1, 0.15) is 25.7 Å². The number of hydrogen-bond acceptors (Lipinski definition) is 6. The molecule has 0 N–H and O–H groups in total. The Morgan fingerprint density at radius 3 is 2.73 bits per heavy atom. The summed E-state index contributed by atoms with van der Waals surface area (Å²) in [5, 5.41) is 10.6. The number of benzene rings is 1. The van der Waals surface area contributed by atoms with E-state index < -0.39 is 11.1 Å². The molecule has 7 heteroatoms. The van der Waals surface area contributed by atoms with Crippen molar-refractivity contribution in [2.45, 2.75) is 37.9 Å². The first-order valence-electron chi connectivity index (χ1n) is 7.38. The van der Waals surface area contributed by atoms with Gasteiger partial charge in [0.2, 0.25) is 0 Å². The number of fused-ring (bicyclic) bond motifs is 1. The van der Waals surface area contributed by atoms with Crippen LogP contribution >= 0.6 is 0 Å². The van der Waals surface area contributed by atoms with E-state index in [0.29, 0.717) is 6.61 Å². The van der Waals surface area contributed by atoms with E-state index in [9.17, 15) is 14.9 Å². The summed E-state index contributed by atoms with van der Waals surface area (Å²) < 4.78 is 16.1. The predicted octanol–water partition coefficient (Wildman–Crippen LogP) is 3.07. The fourth-order valence-corrected chi connectivity index (χ4v) is 3.15. The third-order valence-electron chi connectivity index (χ3n) is 4.21. The molecule has 1 aromatic rings. The van der Waals surface area contributed by atoms with Gasteiger partial charge in [0.25, 0.3) is 5.69 Å². The van der Waals surface area contributed by atoms with Crippen LogP contribution in [0.25, 0.3) is 0 Å². The highest BCUT2D eigenvalue weighted by Crippen LogP contribution is 2.36. The van der Waals surface area contributed by atoms with Crippen molar-refractivity contribution in [3.05, 3.63) is 34.4 Å². The van der Waals surface area contributed by atoms with Crippen LogP contribution in [0.4, 0.5) is 10.5 Å². The number of nitrogens with zero attached hydrogens (tertiary/aromatic N) is 1. The first-order chi connectivity index (χ1) is 10.6. The molecule has 1 saturated carbocycles. The molecule has 0 radical (unpaired) electrons. The third kappa shape index (κ3) is 3.19. The van der Waals surface area contributed by atoms with Crippen LogP contribution < -0.4 is 4.74 Å². The number of carbonyl (C=O) groups excluding carboxylic acids is 1. The van der Waals surface area contributed by atoms with Crippen LogP contribution in [0.2, 0.25) is 0 Å². The van der Waals surface area contributed by atoms with E-state index in [2.05, 4.69) is 0 Å². The van der Waals surface area contributed by atoms with Crippen LogP contribution in [-0.4, -0.2) is 29.9 Å². The molecule has 2 aliphatic rings. The van der Waals surface area contributed by atoms with Gasteiger partial charge < -0.3 is 14.2 Å². The molecule has 3 rings (SSSR count). The molecule has 1 saturated heterocycles. The smallest absolute Gasteiger partial charge is 0.430 e. The molecule has 0 aromatic heterocycles. The first-order valence-corrected chi connectivity index (χ1v) is 7.38. The molecule has 1 aliphatic heterocycles. The van der Waals surface area contributed by atoms with Gasteiger partial charge in [0, 0.05) is 24.7 Å². The summed E-state index contributed by atoms with van der Waals surface area (Å²) in [4.78, 5) is 21.9. The molecule has 1 heterocycles. The maximum absolute atomic E-state index is 11.9. The Labute approximate surface area is 127 Å². The first kappa shape index (κ1) is 14.8. The van der Waals surface area contributed by atoms with E-state index in [4.69, 9.17) is 14.2 Å². The van der Waals surface area contributed by atoms with Crippen LogP contribution in [0.15, 0.2) is 24.3 Å². The van der Waals surface area contributed by atoms with Crippen molar-refractivity contribution in [1.29, 1.82) is 0 Å². The van der Waals surface area contributed by atoms with Crippen LogP contribution in [0.5, 0.6) is 5.75 Å². The van der Waals surface area contributed by atoms with Gasteiger partial charge in [-0.1, -0.05) is 0 Å². The highest BCUT2D eigenvalue weighted by atomic mass is 16.7. The number of nitro groups is 1. The molecule has 0 bridgehead atoms. The van der Waals surface area contributed by atoms with E-state index >= 15 is 0 Å². The molecule has 1 aromatic carbocycles. The average molecular weight is 307 g/mol. The van der Waals surface area contributed by atoms with Crippen LogP contribution in [0, 0.1) is 16.0 Å². The van der Waals surface area contributed by atoms with E-state index in [1.54, 1.807) is 0 Å². The highest BCUT2D eigenvalue weighted by Gasteiger charge is 2.40. The fourth-order valence-electron chi connectivity index (χ4n) is 3.15. The van der Waals surface area contributed by atoms with Crippen molar-refractivity contribution < 1.29 is 23.9 Å². The average Bonchev–Trinajstić information content (AvgIpc) is 2.97. The van der Waals surface area contributed by atoms with Gasteiger partial charge in [-0.05, 0) is 37.8 Å². The van der Waals surface area contributed by atoms with Gasteiger partial charge in [-0.25, -0.2) is 4.79 Å². The quantitative estimate of drug-likeness (QED) is 0.369. The number of nitro benzene ring substituents is 1. The Bertz CT molecular complexity index is 558. The predicted molar refractivity (Wildman–Crippen MR) is 75.7 cm³/mol. The minimum atomic E-state index is -0.772.